The van der Waals surface area contributed by atoms with E-state index in [0.29, 0.717) is 0 Å². The lowest BCUT2D eigenvalue weighted by Gasteiger charge is -2.10. The summed E-state index contributed by atoms with van der Waals surface area (Å²) in [5.74, 6) is 0.901. The number of pyridine rings is 4. The van der Waals surface area contributed by atoms with E-state index < -0.39 is 0 Å². The molecule has 7 heterocycles. The lowest BCUT2D eigenvalue weighted by molar-refractivity contribution is 0.963. The Kier molecular flexibility index (Phi) is 24.5. The van der Waals surface area contributed by atoms with Gasteiger partial charge in [-0.15, -0.1) is 0 Å². The molecule has 0 radical (unpaired) electrons. The smallest absolute Gasteiger partial charge is 0.128 e. The molecular formula is C130H102N10. The molecule has 7 aromatic heterocycles. The zero-order valence-electron chi connectivity index (χ0n) is 79.6. The van der Waals surface area contributed by atoms with Crippen LogP contribution in [0.25, 0.3) is 227 Å². The highest BCUT2D eigenvalue weighted by Crippen LogP contribution is 2.43. The van der Waals surface area contributed by atoms with E-state index in [0.717, 1.165) is 129 Å². The summed E-state index contributed by atoms with van der Waals surface area (Å²) in [6.07, 6.45) is 16.4. The van der Waals surface area contributed by atoms with E-state index in [1.807, 2.05) is 31.0 Å². The first-order valence-corrected chi connectivity index (χ1v) is 49.1. The van der Waals surface area contributed by atoms with E-state index >= 15 is 0 Å². The Morgan fingerprint density at radius 1 is 0.121 bits per heavy atom. The second-order valence-corrected chi connectivity index (χ2v) is 35.6. The van der Waals surface area contributed by atoms with Crippen molar-refractivity contribution in [3.05, 3.63) is 447 Å². The zero-order valence-corrected chi connectivity index (χ0v) is 79.6. The van der Waals surface area contributed by atoms with Crippen LogP contribution in [0.15, 0.2) is 407 Å². The Balaban J connectivity index is 0.0000000939. The Bertz CT molecular complexity index is 7890. The lowest BCUT2D eigenvalue weighted by Crippen LogP contribution is -1.94. The van der Waals surface area contributed by atoms with E-state index in [2.05, 4.69) is 450 Å². The van der Waals surface area contributed by atoms with Gasteiger partial charge in [0.25, 0.3) is 0 Å². The maximum absolute atomic E-state index is 4.87. The Morgan fingerprint density at radius 2 is 0.307 bits per heavy atom. The van der Waals surface area contributed by atoms with E-state index in [4.69, 9.17) is 24.9 Å². The number of aryl methyl sites for hydroxylation is 7. The molecule has 0 bridgehead atoms. The van der Waals surface area contributed by atoms with Crippen molar-refractivity contribution in [2.75, 3.05) is 0 Å². The van der Waals surface area contributed by atoms with Gasteiger partial charge in [0.05, 0.1) is 50.0 Å². The molecule has 21 aromatic carbocycles. The van der Waals surface area contributed by atoms with Gasteiger partial charge in [0.1, 0.15) is 5.82 Å². The van der Waals surface area contributed by atoms with E-state index in [1.54, 1.807) is 0 Å². The molecule has 10 nitrogen and oxygen atoms in total. The van der Waals surface area contributed by atoms with E-state index in [-0.39, 0.29) is 0 Å². The summed E-state index contributed by atoms with van der Waals surface area (Å²) in [5, 5.41) is 44.1. The molecule has 0 aliphatic heterocycles. The largest absolute Gasteiger partial charge is 0.261 e. The first kappa shape index (κ1) is 88.2. The first-order chi connectivity index (χ1) is 69.2. The van der Waals surface area contributed by atoms with E-state index in [1.165, 1.54) is 183 Å². The van der Waals surface area contributed by atoms with Gasteiger partial charge in [0, 0.05) is 125 Å². The zero-order chi connectivity index (χ0) is 94.7. The van der Waals surface area contributed by atoms with Crippen LogP contribution in [0.3, 0.4) is 0 Å². The highest BCUT2D eigenvalue weighted by Gasteiger charge is 2.19. The molecule has 0 unspecified atom stereocenters. The number of fused-ring (bicyclic) bond motifs is 42. The number of rotatable bonds is 7. The van der Waals surface area contributed by atoms with Crippen LogP contribution in [0, 0.1) is 0 Å². The molecular weight excluding hydrogens is 1700 g/mol. The first-order valence-electron chi connectivity index (χ1n) is 49.1. The Hall–Kier alpha value is -17.1. The molecule has 28 rings (SSSR count). The van der Waals surface area contributed by atoms with Crippen molar-refractivity contribution in [3.8, 4) is 0 Å². The minimum atomic E-state index is 0.858. The van der Waals surface area contributed by atoms with Crippen LogP contribution < -0.4 is 0 Å². The summed E-state index contributed by atoms with van der Waals surface area (Å²) in [7, 11) is 0. The predicted molar refractivity (Wildman–Crippen MR) is 596 cm³/mol. The van der Waals surface area contributed by atoms with Crippen LogP contribution in [0.1, 0.15) is 88.5 Å². The third-order valence-electron chi connectivity index (χ3n) is 27.6. The number of nitrogens with zero attached hydrogens (tertiary/aromatic N) is 10. The second kappa shape index (κ2) is 39.0. The number of hydrogen-bond acceptors (Lipinski definition) is 10. The third-order valence-corrected chi connectivity index (χ3v) is 27.6. The number of aromatic nitrogens is 10. The minimum Gasteiger partial charge on any atom is -0.261 e. The van der Waals surface area contributed by atoms with Crippen molar-refractivity contribution in [1.82, 2.24) is 49.8 Å². The molecule has 0 fully saturated rings. The van der Waals surface area contributed by atoms with Gasteiger partial charge in [-0.2, -0.15) is 0 Å². The summed E-state index contributed by atoms with van der Waals surface area (Å²) < 4.78 is 0. The van der Waals surface area contributed by atoms with Gasteiger partial charge in [-0.25, -0.2) is 19.9 Å². The van der Waals surface area contributed by atoms with Gasteiger partial charge in [-0.05, 0) is 187 Å². The molecule has 0 N–H and O–H groups in total. The van der Waals surface area contributed by atoms with Crippen molar-refractivity contribution in [3.63, 3.8) is 0 Å². The van der Waals surface area contributed by atoms with E-state index in [9.17, 15) is 0 Å². The van der Waals surface area contributed by atoms with Gasteiger partial charge >= 0.3 is 0 Å². The van der Waals surface area contributed by atoms with Crippen LogP contribution in [0.4, 0.5) is 0 Å². The summed E-state index contributed by atoms with van der Waals surface area (Å²) in [6.45, 7) is 14.9. The van der Waals surface area contributed by atoms with Crippen molar-refractivity contribution >= 4 is 227 Å². The quantitative estimate of drug-likeness (QED) is 0.142. The number of hydrogen-bond donors (Lipinski definition) is 0. The van der Waals surface area contributed by atoms with Gasteiger partial charge in [-0.1, -0.05) is 400 Å². The molecule has 10 heteroatoms. The normalized spacial score (nSPS) is 11.4. The average molecular weight is 1800 g/mol. The van der Waals surface area contributed by atoms with Crippen LogP contribution in [0.5, 0.6) is 0 Å². The van der Waals surface area contributed by atoms with Gasteiger partial charge < -0.3 is 0 Å². The van der Waals surface area contributed by atoms with Crippen LogP contribution in [-0.4, -0.2) is 49.8 Å². The van der Waals surface area contributed by atoms with Gasteiger partial charge in [0.2, 0.25) is 0 Å². The van der Waals surface area contributed by atoms with Crippen molar-refractivity contribution in [2.45, 2.75) is 93.4 Å². The second-order valence-electron chi connectivity index (χ2n) is 35.6. The number of benzene rings is 21. The molecule has 672 valence electrons. The molecule has 0 spiro atoms. The Labute approximate surface area is 811 Å². The summed E-state index contributed by atoms with van der Waals surface area (Å²) in [6, 6.07) is 133. The highest BCUT2D eigenvalue weighted by molar-refractivity contribution is 6.31. The lowest BCUT2D eigenvalue weighted by atomic mass is 9.95. The van der Waals surface area contributed by atoms with Crippen LogP contribution >= 0.6 is 0 Å². The Morgan fingerprint density at radius 3 is 0.557 bits per heavy atom. The summed E-state index contributed by atoms with van der Waals surface area (Å²) in [5.41, 5.74) is 14.0. The molecule has 0 atom stereocenters. The molecule has 0 amide bonds. The molecule has 0 aliphatic rings. The summed E-state index contributed by atoms with van der Waals surface area (Å²) >= 11 is 0. The molecule has 0 saturated carbocycles. The summed E-state index contributed by atoms with van der Waals surface area (Å²) in [4.78, 5) is 47.1. The molecule has 140 heavy (non-hydrogen) atoms. The van der Waals surface area contributed by atoms with Gasteiger partial charge in [-0.3, -0.25) is 29.9 Å². The standard InChI is InChI=1S/4C19H15N.3C18H14N2/c2*1-2-13-11-18-16-9-5-3-7-14(16)15-8-4-6-10-17(15)19(18)12-20-13;2*1-2-13-11-12-18-16-9-4-3-7-14(16)15-8-5-6-10-17(15)19(18)20-13;2*1-2-12-11-19-17-15-9-5-3-7-13(15)14-8-4-6-10-16(14)18(17)20-12;1-2-17-19-11-16-14-9-4-3-7-12(14)13-8-5-6-10-15(13)18(16)20-17/h4*3-12H,2H2,1H3;3*3-11H,2H2,1H3. The molecule has 0 aliphatic carbocycles. The molecule has 0 saturated heterocycles. The van der Waals surface area contributed by atoms with Crippen LogP contribution in [0.2, 0.25) is 0 Å². The van der Waals surface area contributed by atoms with Gasteiger partial charge in [0.15, 0.2) is 0 Å². The third kappa shape index (κ3) is 16.4. The van der Waals surface area contributed by atoms with Crippen molar-refractivity contribution in [2.24, 2.45) is 0 Å². The highest BCUT2D eigenvalue weighted by atomic mass is 14.9. The maximum atomic E-state index is 4.87. The van der Waals surface area contributed by atoms with Crippen molar-refractivity contribution < 1.29 is 0 Å². The fraction of sp³-hybridized carbons (Fsp3) is 0.108. The topological polar surface area (TPSA) is 129 Å². The maximum Gasteiger partial charge on any atom is 0.128 e. The minimum absolute atomic E-state index is 0.858. The monoisotopic (exact) mass is 1800 g/mol. The SMILES string of the molecule is CCc1cc2c3ccccc3c3ccccc3c2cn1.CCc1cc2c3ccccc3c3ccccc3c2cn1.CCc1ccc2c3ccccc3c3ccccc3c2n1.CCc1ccc2c3ccccc3c3ccccc3c2n1.CCc1cnc2c3ccccc3c3ccccc3c2n1.CCc1cnc2c3ccccc3c3ccccc3c2n1.CCc1ncc2c3ccccc3c3ccccc3c2n1. The van der Waals surface area contributed by atoms with Crippen molar-refractivity contribution in [1.29, 1.82) is 0 Å². The molecule has 28 aromatic rings. The predicted octanol–water partition coefficient (Wildman–Crippen LogP) is 33.9. The average Bonchev–Trinajstić information content (AvgIpc) is 0.779. The van der Waals surface area contributed by atoms with Crippen LogP contribution in [-0.2, 0) is 44.9 Å². The fourth-order valence-corrected chi connectivity index (χ4v) is 20.6. The fourth-order valence-electron chi connectivity index (χ4n) is 20.6.